The molecule has 1 N–H and O–H groups in total. The van der Waals surface area contributed by atoms with Crippen molar-refractivity contribution in [2.75, 3.05) is 7.11 Å². The summed E-state index contributed by atoms with van der Waals surface area (Å²) in [5.41, 5.74) is 4.36. The zero-order chi connectivity index (χ0) is 16.6. The van der Waals surface area contributed by atoms with Gasteiger partial charge in [-0.3, -0.25) is 4.90 Å². The highest BCUT2D eigenvalue weighted by molar-refractivity contribution is 5.80. The summed E-state index contributed by atoms with van der Waals surface area (Å²) in [6, 6.07) is 6.33. The summed E-state index contributed by atoms with van der Waals surface area (Å²) in [7, 11) is 1.36. The van der Waals surface area contributed by atoms with Crippen LogP contribution in [0, 0.1) is 25.2 Å². The van der Waals surface area contributed by atoms with E-state index in [1.165, 1.54) is 23.8 Å². The summed E-state index contributed by atoms with van der Waals surface area (Å²) < 4.78 is 4.76. The number of likely N-dealkylation sites (tertiary alicyclic amines) is 1. The lowest BCUT2D eigenvalue weighted by Gasteiger charge is -2.34. The van der Waals surface area contributed by atoms with E-state index >= 15 is 0 Å². The Kier molecular flexibility index (Phi) is 4.32. The molecule has 0 radical (unpaired) electrons. The Balaban J connectivity index is 0.000000183. The van der Waals surface area contributed by atoms with Crippen LogP contribution >= 0.6 is 0 Å². The molecule has 0 aromatic rings. The van der Waals surface area contributed by atoms with Crippen LogP contribution in [0.2, 0.25) is 0 Å². The van der Waals surface area contributed by atoms with Crippen molar-refractivity contribution in [3.63, 3.8) is 0 Å². The molecule has 4 atom stereocenters. The van der Waals surface area contributed by atoms with Crippen molar-refractivity contribution >= 4 is 6.09 Å². The number of rotatable bonds is 0. The number of fused-ring (bicyclic) bond motifs is 2. The molecule has 3 aliphatic carbocycles. The van der Waals surface area contributed by atoms with Crippen LogP contribution in [-0.2, 0) is 4.74 Å². The normalized spacial score (nSPS) is 29.7. The first-order chi connectivity index (χ1) is 11.1. The van der Waals surface area contributed by atoms with Crippen molar-refractivity contribution in [1.82, 2.24) is 4.90 Å². The molecule has 0 spiro atoms. The van der Waals surface area contributed by atoms with E-state index < -0.39 is 0 Å². The largest absolute Gasteiger partial charge is 0.453 e. The van der Waals surface area contributed by atoms with Crippen LogP contribution < -0.4 is 0 Å². The highest BCUT2D eigenvalue weighted by Crippen LogP contribution is 2.40. The van der Waals surface area contributed by atoms with Gasteiger partial charge in [0, 0.05) is 12.0 Å². The third kappa shape index (κ3) is 2.70. The molecule has 1 saturated heterocycles. The number of methoxy groups -OCH3 is 1. The van der Waals surface area contributed by atoms with E-state index in [1.807, 2.05) is 0 Å². The average Bonchev–Trinajstić information content (AvgIpc) is 2.92. The van der Waals surface area contributed by atoms with Gasteiger partial charge >= 0.3 is 6.09 Å². The molecule has 0 aromatic carbocycles. The van der Waals surface area contributed by atoms with Crippen molar-refractivity contribution in [3.8, 4) is 23.5 Å². The van der Waals surface area contributed by atoms with Crippen LogP contribution in [0.25, 0.3) is 11.1 Å². The minimum atomic E-state index is -0.371. The fraction of sp³-hybridized carbons (Fsp3) is 0.526. The van der Waals surface area contributed by atoms with E-state index in [0.29, 0.717) is 6.42 Å². The number of carbonyl (C=O) groups is 1. The number of aryl methyl sites for hydroxylation is 1. The van der Waals surface area contributed by atoms with Gasteiger partial charge in [0.2, 0.25) is 0 Å². The third-order valence-corrected chi connectivity index (χ3v) is 5.29. The smallest absolute Gasteiger partial charge is 0.410 e. The molecule has 2 fully saturated rings. The monoisotopic (exact) mass is 313 g/mol. The van der Waals surface area contributed by atoms with Gasteiger partial charge in [-0.05, 0) is 49.3 Å². The zero-order valence-electron chi connectivity index (χ0n) is 13.7. The number of terminal acetylenes is 1. The van der Waals surface area contributed by atoms with Crippen molar-refractivity contribution in [2.24, 2.45) is 5.92 Å². The minimum Gasteiger partial charge on any atom is -0.453 e. The summed E-state index contributed by atoms with van der Waals surface area (Å²) in [5, 5.41) is 9.92. The van der Waals surface area contributed by atoms with Crippen molar-refractivity contribution in [1.29, 1.82) is 0 Å². The molecule has 4 rings (SSSR count). The lowest BCUT2D eigenvalue weighted by Crippen LogP contribution is -2.45. The van der Waals surface area contributed by atoms with Crippen LogP contribution in [-0.4, -0.2) is 41.4 Å². The molecule has 4 heteroatoms. The molecule has 4 nitrogen and oxygen atoms in total. The van der Waals surface area contributed by atoms with Gasteiger partial charge in [-0.25, -0.2) is 4.79 Å². The van der Waals surface area contributed by atoms with Crippen molar-refractivity contribution in [3.05, 3.63) is 23.8 Å². The summed E-state index contributed by atoms with van der Waals surface area (Å²) in [4.78, 5) is 13.3. The maximum absolute atomic E-state index is 11.7. The van der Waals surface area contributed by atoms with Gasteiger partial charge in [-0.2, -0.15) is 0 Å². The molecule has 23 heavy (non-hydrogen) atoms. The molecule has 0 aromatic heterocycles. The molecule has 1 heterocycles. The van der Waals surface area contributed by atoms with E-state index in [0.717, 1.165) is 19.3 Å². The summed E-state index contributed by atoms with van der Waals surface area (Å²) >= 11 is 0. The standard InChI is InChI=1S/C12H17NO3.C7H6/c1-3-8-7-9-10(5-4-6-11(9)14)13(8)12(15)16-2;1-5-4-6-2-3-7(5)6/h1,8-11,14H,4-7H2,2H3;2-4H,1H3/t8?,9?,10-,11?;/m1./s1. The average molecular weight is 313 g/mol. The maximum Gasteiger partial charge on any atom is 0.410 e. The number of aliphatic hydroxyl groups excluding tert-OH is 1. The number of hydrogen-bond acceptors (Lipinski definition) is 3. The highest BCUT2D eigenvalue weighted by atomic mass is 16.5. The Morgan fingerprint density at radius 2 is 2.22 bits per heavy atom. The van der Waals surface area contributed by atoms with Gasteiger partial charge in [0.05, 0.1) is 19.3 Å². The van der Waals surface area contributed by atoms with Gasteiger partial charge in [-0.1, -0.05) is 24.1 Å². The van der Waals surface area contributed by atoms with Gasteiger partial charge in [0.25, 0.3) is 0 Å². The Hall–Kier alpha value is -1.99. The van der Waals surface area contributed by atoms with Crippen LogP contribution in [0.15, 0.2) is 18.2 Å². The molecule has 1 amide bonds. The fourth-order valence-corrected chi connectivity index (χ4v) is 3.98. The minimum absolute atomic E-state index is 0.0530. The first-order valence-corrected chi connectivity index (χ1v) is 8.18. The van der Waals surface area contributed by atoms with Gasteiger partial charge < -0.3 is 9.84 Å². The second-order valence-corrected chi connectivity index (χ2v) is 6.55. The second kappa shape index (κ2) is 6.25. The Morgan fingerprint density at radius 1 is 1.43 bits per heavy atom. The van der Waals surface area contributed by atoms with E-state index in [1.54, 1.807) is 4.90 Å². The molecule has 1 aliphatic heterocycles. The number of benzene rings is 1. The van der Waals surface area contributed by atoms with E-state index in [-0.39, 0.29) is 30.2 Å². The summed E-state index contributed by atoms with van der Waals surface area (Å²) in [5.74, 6) is 2.74. The van der Waals surface area contributed by atoms with Crippen LogP contribution in [0.5, 0.6) is 0 Å². The highest BCUT2D eigenvalue weighted by Gasteiger charge is 2.47. The Labute approximate surface area is 137 Å². The topological polar surface area (TPSA) is 49.8 Å². The first-order valence-electron chi connectivity index (χ1n) is 8.18. The number of carbonyl (C=O) groups excluding carboxylic acids is 1. The molecular formula is C19H23NO3. The number of aliphatic hydroxyl groups is 1. The van der Waals surface area contributed by atoms with Crippen molar-refractivity contribution in [2.45, 2.75) is 50.8 Å². The molecule has 3 unspecified atom stereocenters. The molecule has 122 valence electrons. The first kappa shape index (κ1) is 15.9. The van der Waals surface area contributed by atoms with E-state index in [4.69, 9.17) is 11.2 Å². The lowest BCUT2D eigenvalue weighted by molar-refractivity contribution is 0.0382. The number of amides is 1. The van der Waals surface area contributed by atoms with Crippen LogP contribution in [0.3, 0.4) is 0 Å². The van der Waals surface area contributed by atoms with Crippen LogP contribution in [0.4, 0.5) is 4.79 Å². The van der Waals surface area contributed by atoms with Crippen molar-refractivity contribution < 1.29 is 14.6 Å². The summed E-state index contributed by atoms with van der Waals surface area (Å²) in [6.07, 6.45) is 8.09. The fourth-order valence-electron chi connectivity index (χ4n) is 3.98. The number of hydrogen-bond donors (Lipinski definition) is 1. The summed E-state index contributed by atoms with van der Waals surface area (Å²) in [6.45, 7) is 2.14. The molecule has 0 bridgehead atoms. The predicted octanol–water partition coefficient (Wildman–Crippen LogP) is 2.97. The number of ether oxygens (including phenoxy) is 1. The SMILES string of the molecule is C#CC1CC2C(O)CCC[C@H]2N1C(=O)OC.Cc1cc2ccc1-2. The Bertz CT molecular complexity index is 649. The molecule has 1 saturated carbocycles. The Morgan fingerprint density at radius 3 is 2.65 bits per heavy atom. The molecule has 4 aliphatic rings. The molecular weight excluding hydrogens is 290 g/mol. The van der Waals surface area contributed by atoms with E-state index in [9.17, 15) is 9.90 Å². The quantitative estimate of drug-likeness (QED) is 0.761. The van der Waals surface area contributed by atoms with Gasteiger partial charge in [0.1, 0.15) is 0 Å². The van der Waals surface area contributed by atoms with Crippen LogP contribution in [0.1, 0.15) is 31.2 Å². The van der Waals surface area contributed by atoms with Gasteiger partial charge in [0.15, 0.2) is 0 Å². The number of nitrogens with zero attached hydrogens (tertiary/aromatic N) is 1. The third-order valence-electron chi connectivity index (χ3n) is 5.29. The predicted molar refractivity (Wildman–Crippen MR) is 88.8 cm³/mol. The second-order valence-electron chi connectivity index (χ2n) is 6.55. The zero-order valence-corrected chi connectivity index (χ0v) is 13.7. The lowest BCUT2D eigenvalue weighted by atomic mass is 9.82. The van der Waals surface area contributed by atoms with E-state index in [2.05, 4.69) is 31.0 Å². The van der Waals surface area contributed by atoms with Gasteiger partial charge in [-0.15, -0.1) is 6.42 Å². The maximum atomic E-state index is 11.7.